The molecule has 0 saturated heterocycles. The van der Waals surface area contributed by atoms with Gasteiger partial charge in [-0.2, -0.15) is 0 Å². The van der Waals surface area contributed by atoms with Crippen LogP contribution in [0.3, 0.4) is 0 Å². The molecule has 0 aliphatic carbocycles. The van der Waals surface area contributed by atoms with Crippen LogP contribution >= 0.6 is 0 Å². The van der Waals surface area contributed by atoms with Gasteiger partial charge in [0, 0.05) is 24.6 Å². The Morgan fingerprint density at radius 3 is 2.54 bits per heavy atom. The van der Waals surface area contributed by atoms with Gasteiger partial charge >= 0.3 is 0 Å². The summed E-state index contributed by atoms with van der Waals surface area (Å²) in [5.41, 5.74) is 0.770. The fourth-order valence-corrected chi connectivity index (χ4v) is 2.48. The molecule has 6 nitrogen and oxygen atoms in total. The van der Waals surface area contributed by atoms with Crippen LogP contribution in [0, 0.1) is 5.82 Å². The van der Waals surface area contributed by atoms with Gasteiger partial charge in [-0.1, -0.05) is 0 Å². The van der Waals surface area contributed by atoms with Crippen LogP contribution < -0.4 is 24.3 Å². The number of carbonyl (C=O) groups is 1. The van der Waals surface area contributed by atoms with E-state index in [1.165, 1.54) is 24.3 Å². The van der Waals surface area contributed by atoms with E-state index >= 15 is 0 Å². The maximum atomic E-state index is 12.8. The molecule has 1 aliphatic heterocycles. The van der Waals surface area contributed by atoms with E-state index in [0.717, 1.165) is 12.0 Å². The Labute approximate surface area is 150 Å². The van der Waals surface area contributed by atoms with Gasteiger partial charge in [-0.05, 0) is 30.3 Å². The van der Waals surface area contributed by atoms with Crippen molar-refractivity contribution in [2.75, 3.05) is 26.9 Å². The van der Waals surface area contributed by atoms with Crippen LogP contribution in [-0.2, 0) is 11.3 Å². The molecule has 3 rings (SSSR count). The Morgan fingerprint density at radius 1 is 1.15 bits per heavy atom. The molecule has 0 aromatic heterocycles. The second-order valence-electron chi connectivity index (χ2n) is 5.68. The lowest BCUT2D eigenvalue weighted by atomic mass is 10.1. The highest BCUT2D eigenvalue weighted by Gasteiger charge is 2.16. The Kier molecular flexibility index (Phi) is 5.78. The van der Waals surface area contributed by atoms with Crippen molar-refractivity contribution >= 4 is 5.91 Å². The number of nitrogens with one attached hydrogen (secondary N) is 1. The number of halogens is 1. The predicted octanol–water partition coefficient (Wildman–Crippen LogP) is 2.69. The van der Waals surface area contributed by atoms with Crippen LogP contribution in [0.25, 0.3) is 0 Å². The summed E-state index contributed by atoms with van der Waals surface area (Å²) >= 11 is 0. The molecule has 1 amide bonds. The lowest BCUT2D eigenvalue weighted by Crippen LogP contribution is -2.28. The van der Waals surface area contributed by atoms with Crippen LogP contribution in [0.1, 0.15) is 12.0 Å². The molecular weight excluding hydrogens is 341 g/mol. The second kappa shape index (κ2) is 8.42. The largest absolute Gasteiger partial charge is 0.496 e. The van der Waals surface area contributed by atoms with E-state index in [-0.39, 0.29) is 24.9 Å². The first-order valence-electron chi connectivity index (χ1n) is 8.27. The maximum absolute atomic E-state index is 12.8. The molecule has 2 aromatic rings. The standard InChI is InChI=1S/C19H20FNO5/c1-23-16-10-18-17(24-7-2-8-25-18)9-13(16)11-21-19(22)12-26-15-5-3-14(20)4-6-15/h3-6,9-10H,2,7-8,11-12H2,1H3,(H,21,22). The predicted molar refractivity (Wildman–Crippen MR) is 92.3 cm³/mol. The van der Waals surface area contributed by atoms with Crippen molar-refractivity contribution in [3.8, 4) is 23.0 Å². The summed E-state index contributed by atoms with van der Waals surface area (Å²) in [7, 11) is 1.56. The molecule has 1 heterocycles. The third kappa shape index (κ3) is 4.56. The molecule has 0 spiro atoms. The summed E-state index contributed by atoms with van der Waals surface area (Å²) in [5, 5.41) is 2.76. The number of ether oxygens (including phenoxy) is 4. The van der Waals surface area contributed by atoms with Crippen molar-refractivity contribution in [3.05, 3.63) is 47.8 Å². The molecule has 1 aliphatic rings. The number of carbonyl (C=O) groups excluding carboxylic acids is 1. The molecule has 138 valence electrons. The molecule has 26 heavy (non-hydrogen) atoms. The minimum absolute atomic E-state index is 0.168. The monoisotopic (exact) mass is 361 g/mol. The summed E-state index contributed by atoms with van der Waals surface area (Å²) in [6, 6.07) is 9.05. The summed E-state index contributed by atoms with van der Waals surface area (Å²) in [5.74, 6) is 1.64. The summed E-state index contributed by atoms with van der Waals surface area (Å²) in [6.45, 7) is 1.26. The number of methoxy groups -OCH3 is 1. The minimum Gasteiger partial charge on any atom is -0.496 e. The zero-order chi connectivity index (χ0) is 18.4. The first-order valence-corrected chi connectivity index (χ1v) is 8.27. The van der Waals surface area contributed by atoms with Gasteiger partial charge in [0.05, 0.1) is 20.3 Å². The normalized spacial score (nSPS) is 12.8. The van der Waals surface area contributed by atoms with Gasteiger partial charge in [-0.3, -0.25) is 4.79 Å². The SMILES string of the molecule is COc1cc2c(cc1CNC(=O)COc1ccc(F)cc1)OCCCO2. The molecule has 0 atom stereocenters. The Morgan fingerprint density at radius 2 is 1.85 bits per heavy atom. The van der Waals surface area contributed by atoms with E-state index in [9.17, 15) is 9.18 Å². The van der Waals surface area contributed by atoms with E-state index in [0.29, 0.717) is 36.2 Å². The smallest absolute Gasteiger partial charge is 0.258 e. The topological polar surface area (TPSA) is 66.0 Å². The highest BCUT2D eigenvalue weighted by atomic mass is 19.1. The van der Waals surface area contributed by atoms with Crippen molar-refractivity contribution in [2.24, 2.45) is 0 Å². The maximum Gasteiger partial charge on any atom is 0.258 e. The van der Waals surface area contributed by atoms with E-state index in [4.69, 9.17) is 18.9 Å². The first-order chi connectivity index (χ1) is 12.7. The number of hydrogen-bond donors (Lipinski definition) is 1. The average Bonchev–Trinajstić information content (AvgIpc) is 2.89. The quantitative estimate of drug-likeness (QED) is 0.857. The number of hydrogen-bond acceptors (Lipinski definition) is 5. The van der Waals surface area contributed by atoms with E-state index in [1.807, 2.05) is 0 Å². The van der Waals surface area contributed by atoms with Gasteiger partial charge in [-0.25, -0.2) is 4.39 Å². The fourth-order valence-electron chi connectivity index (χ4n) is 2.48. The molecular formula is C19H20FNO5. The van der Waals surface area contributed by atoms with Crippen LogP contribution in [0.15, 0.2) is 36.4 Å². The highest BCUT2D eigenvalue weighted by Crippen LogP contribution is 2.36. The third-order valence-electron chi connectivity index (χ3n) is 3.81. The summed E-state index contributed by atoms with van der Waals surface area (Å²) < 4.78 is 34.8. The molecule has 1 N–H and O–H groups in total. The zero-order valence-electron chi connectivity index (χ0n) is 14.4. The highest BCUT2D eigenvalue weighted by molar-refractivity contribution is 5.77. The van der Waals surface area contributed by atoms with Crippen molar-refractivity contribution < 1.29 is 28.1 Å². The van der Waals surface area contributed by atoms with Crippen molar-refractivity contribution in [1.29, 1.82) is 0 Å². The molecule has 0 bridgehead atoms. The van der Waals surface area contributed by atoms with Crippen molar-refractivity contribution in [1.82, 2.24) is 5.32 Å². The van der Waals surface area contributed by atoms with Gasteiger partial charge in [0.1, 0.15) is 17.3 Å². The lowest BCUT2D eigenvalue weighted by molar-refractivity contribution is -0.123. The fraction of sp³-hybridized carbons (Fsp3) is 0.316. The number of benzene rings is 2. The number of fused-ring (bicyclic) bond motifs is 1. The Hall–Kier alpha value is -2.96. The first kappa shape index (κ1) is 17.8. The summed E-state index contributed by atoms with van der Waals surface area (Å²) in [4.78, 5) is 12.0. The molecule has 0 fully saturated rings. The molecule has 0 radical (unpaired) electrons. The van der Waals surface area contributed by atoms with Crippen molar-refractivity contribution in [3.63, 3.8) is 0 Å². The Balaban J connectivity index is 1.58. The van der Waals surface area contributed by atoms with Gasteiger partial charge in [0.25, 0.3) is 5.91 Å². The molecule has 0 saturated carbocycles. The van der Waals surface area contributed by atoms with Crippen molar-refractivity contribution in [2.45, 2.75) is 13.0 Å². The van der Waals surface area contributed by atoms with Gasteiger partial charge < -0.3 is 24.3 Å². The molecule has 0 unspecified atom stereocenters. The second-order valence-corrected chi connectivity index (χ2v) is 5.68. The van der Waals surface area contributed by atoms with Crippen LogP contribution in [-0.4, -0.2) is 32.8 Å². The number of rotatable bonds is 6. The minimum atomic E-state index is -0.358. The van der Waals surface area contributed by atoms with Crippen LogP contribution in [0.5, 0.6) is 23.0 Å². The number of amides is 1. The third-order valence-corrected chi connectivity index (χ3v) is 3.81. The lowest BCUT2D eigenvalue weighted by Gasteiger charge is -2.14. The average molecular weight is 361 g/mol. The van der Waals surface area contributed by atoms with Gasteiger partial charge in [0.2, 0.25) is 0 Å². The zero-order valence-corrected chi connectivity index (χ0v) is 14.4. The van der Waals surface area contributed by atoms with Crippen LogP contribution in [0.4, 0.5) is 4.39 Å². The van der Waals surface area contributed by atoms with E-state index in [1.54, 1.807) is 19.2 Å². The molecule has 7 heteroatoms. The Bertz CT molecular complexity index is 763. The van der Waals surface area contributed by atoms with E-state index in [2.05, 4.69) is 5.32 Å². The van der Waals surface area contributed by atoms with Crippen LogP contribution in [0.2, 0.25) is 0 Å². The summed E-state index contributed by atoms with van der Waals surface area (Å²) in [6.07, 6.45) is 0.809. The van der Waals surface area contributed by atoms with E-state index < -0.39 is 0 Å². The molecule has 2 aromatic carbocycles. The van der Waals surface area contributed by atoms with Gasteiger partial charge in [-0.15, -0.1) is 0 Å². The van der Waals surface area contributed by atoms with Gasteiger partial charge in [0.15, 0.2) is 18.1 Å².